The van der Waals surface area contributed by atoms with Crippen LogP contribution < -0.4 is 10.6 Å². The lowest BCUT2D eigenvalue weighted by molar-refractivity contribution is -0.679. The van der Waals surface area contributed by atoms with E-state index in [4.69, 9.17) is 4.42 Å². The van der Waals surface area contributed by atoms with E-state index in [1.165, 1.54) is 4.90 Å². The number of nitrogens with two attached hydrogens (primary N) is 1. The predicted octanol–water partition coefficient (Wildman–Crippen LogP) is 2.65. The molecule has 0 spiro atoms. The molecule has 0 unspecified atom stereocenters. The van der Waals surface area contributed by atoms with E-state index in [2.05, 4.69) is 5.32 Å². The number of quaternary nitrogens is 1. The van der Waals surface area contributed by atoms with Gasteiger partial charge in [-0.1, -0.05) is 42.5 Å². The number of likely N-dealkylation sites (N-methyl/N-ethyl adjacent to an activating group) is 1. The van der Waals surface area contributed by atoms with Crippen LogP contribution in [0, 0.1) is 13.8 Å². The molecule has 3 rings (SSSR count). The molecule has 0 aliphatic rings. The third kappa shape index (κ3) is 5.58. The Morgan fingerprint density at radius 3 is 2.53 bits per heavy atom. The highest BCUT2D eigenvalue weighted by Gasteiger charge is 2.23. The van der Waals surface area contributed by atoms with Crippen LogP contribution in [0.4, 0.5) is 5.69 Å². The van der Waals surface area contributed by atoms with Crippen LogP contribution in [0.3, 0.4) is 0 Å². The number of hydrogen-bond acceptors (Lipinski definition) is 3. The van der Waals surface area contributed by atoms with Gasteiger partial charge in [-0.15, -0.1) is 0 Å². The summed E-state index contributed by atoms with van der Waals surface area (Å²) in [6, 6.07) is 19.4. The van der Waals surface area contributed by atoms with Crippen LogP contribution >= 0.6 is 0 Å². The number of amides is 2. The second kappa shape index (κ2) is 9.89. The molecule has 0 fully saturated rings. The van der Waals surface area contributed by atoms with Crippen molar-refractivity contribution in [2.45, 2.75) is 19.9 Å². The van der Waals surface area contributed by atoms with Crippen molar-refractivity contribution in [2.75, 3.05) is 25.5 Å². The maximum Gasteiger partial charge on any atom is 0.277 e. The zero-order chi connectivity index (χ0) is 21.5. The van der Waals surface area contributed by atoms with E-state index in [-0.39, 0.29) is 30.9 Å². The normalized spacial score (nSPS) is 11.7. The van der Waals surface area contributed by atoms with Crippen LogP contribution in [0.1, 0.15) is 28.5 Å². The largest absolute Gasteiger partial charge is 0.463 e. The lowest BCUT2D eigenvalue weighted by atomic mass is 10.0. The Morgan fingerprint density at radius 2 is 1.83 bits per heavy atom. The molecule has 3 aromatic rings. The fourth-order valence-corrected chi connectivity index (χ4v) is 3.28. The van der Waals surface area contributed by atoms with Crippen molar-refractivity contribution in [3.63, 3.8) is 0 Å². The Hall–Kier alpha value is -3.38. The highest BCUT2D eigenvalue weighted by atomic mass is 16.3. The molecule has 0 aliphatic carbocycles. The fraction of sp³-hybridized carbons (Fsp3) is 0.250. The number of furan rings is 1. The summed E-state index contributed by atoms with van der Waals surface area (Å²) in [6.45, 7) is 4.12. The van der Waals surface area contributed by atoms with Gasteiger partial charge in [0.2, 0.25) is 5.91 Å². The minimum Gasteiger partial charge on any atom is -0.463 e. The second-order valence-electron chi connectivity index (χ2n) is 7.46. The summed E-state index contributed by atoms with van der Waals surface area (Å²) >= 11 is 0. The van der Waals surface area contributed by atoms with E-state index < -0.39 is 0 Å². The predicted molar refractivity (Wildman–Crippen MR) is 116 cm³/mol. The van der Waals surface area contributed by atoms with Crippen molar-refractivity contribution < 1.29 is 19.3 Å². The number of aryl methyl sites for hydroxylation is 2. The summed E-state index contributed by atoms with van der Waals surface area (Å²) in [4.78, 5) is 26.5. The molecule has 156 valence electrons. The summed E-state index contributed by atoms with van der Waals surface area (Å²) in [5.74, 6) is 0.438. The average molecular weight is 407 g/mol. The molecule has 0 bridgehead atoms. The number of rotatable bonds is 8. The first-order valence-electron chi connectivity index (χ1n) is 9.97. The van der Waals surface area contributed by atoms with Gasteiger partial charge in [-0.05, 0) is 43.2 Å². The number of hydrogen-bond donors (Lipinski definition) is 2. The molecule has 0 radical (unpaired) electrons. The van der Waals surface area contributed by atoms with Gasteiger partial charge >= 0.3 is 0 Å². The van der Waals surface area contributed by atoms with E-state index in [1.54, 1.807) is 13.3 Å². The van der Waals surface area contributed by atoms with Gasteiger partial charge in [-0.3, -0.25) is 9.59 Å². The molecular weight excluding hydrogens is 378 g/mol. The van der Waals surface area contributed by atoms with E-state index in [0.717, 1.165) is 28.1 Å². The van der Waals surface area contributed by atoms with Gasteiger partial charge in [0.25, 0.3) is 5.91 Å². The van der Waals surface area contributed by atoms with Crippen molar-refractivity contribution in [2.24, 2.45) is 0 Å². The molecule has 0 aliphatic heterocycles. The maximum absolute atomic E-state index is 12.6. The maximum atomic E-state index is 12.6. The van der Waals surface area contributed by atoms with E-state index in [1.807, 2.05) is 79.8 Å². The van der Waals surface area contributed by atoms with Gasteiger partial charge in [0, 0.05) is 18.3 Å². The Morgan fingerprint density at radius 1 is 1.07 bits per heavy atom. The summed E-state index contributed by atoms with van der Waals surface area (Å²) in [7, 11) is 1.64. The van der Waals surface area contributed by atoms with Crippen LogP contribution in [0.15, 0.2) is 71.3 Å². The molecule has 0 saturated carbocycles. The molecule has 2 aromatic carbocycles. The van der Waals surface area contributed by atoms with Crippen molar-refractivity contribution in [3.8, 4) is 0 Å². The van der Waals surface area contributed by atoms with Crippen LogP contribution in [0.25, 0.3) is 0 Å². The molecule has 1 aromatic heterocycles. The van der Waals surface area contributed by atoms with Crippen LogP contribution in [-0.2, 0) is 9.59 Å². The number of nitrogens with one attached hydrogen (secondary N) is 1. The number of nitrogens with zero attached hydrogens (tertiary/aromatic N) is 1. The monoisotopic (exact) mass is 406 g/mol. The second-order valence-corrected chi connectivity index (χ2v) is 7.46. The van der Waals surface area contributed by atoms with Crippen LogP contribution in [0.5, 0.6) is 0 Å². The molecule has 2 amide bonds. The van der Waals surface area contributed by atoms with E-state index in [0.29, 0.717) is 0 Å². The Kier molecular flexibility index (Phi) is 7.03. The zero-order valence-corrected chi connectivity index (χ0v) is 17.6. The van der Waals surface area contributed by atoms with Gasteiger partial charge in [0.05, 0.1) is 12.8 Å². The minimum atomic E-state index is -0.217. The summed E-state index contributed by atoms with van der Waals surface area (Å²) in [5, 5.41) is 4.82. The lowest BCUT2D eigenvalue weighted by Crippen LogP contribution is -2.87. The highest BCUT2D eigenvalue weighted by molar-refractivity contribution is 5.95. The highest BCUT2D eigenvalue weighted by Crippen LogP contribution is 2.18. The van der Waals surface area contributed by atoms with Gasteiger partial charge in [-0.25, -0.2) is 0 Å². The number of carbonyl (C=O) groups excluding carboxylic acids is 2. The SMILES string of the molecule is Cc1ccc(C)c(NC(=O)CN(C)C(=O)C[NH2+][C@@H](c2ccccc2)c2ccco2)c1. The first-order valence-corrected chi connectivity index (χ1v) is 9.97. The number of benzene rings is 2. The molecule has 30 heavy (non-hydrogen) atoms. The Labute approximate surface area is 176 Å². The zero-order valence-electron chi connectivity index (χ0n) is 17.6. The standard InChI is InChI=1S/C24H27N3O3/c1-17-11-12-18(2)20(14-17)26-22(28)16-27(3)23(29)15-25-24(21-10-7-13-30-21)19-8-5-4-6-9-19/h4-14,24-25H,15-16H2,1-3H3,(H,26,28)/p+1/t24-/m0/s1. The molecule has 1 heterocycles. The summed E-state index contributed by atoms with van der Waals surface area (Å²) < 4.78 is 5.57. The van der Waals surface area contributed by atoms with Gasteiger partial charge in [0.15, 0.2) is 18.3 Å². The molecule has 1 atom stereocenters. The average Bonchev–Trinajstić information content (AvgIpc) is 3.26. The van der Waals surface area contributed by atoms with E-state index in [9.17, 15) is 9.59 Å². The quantitative estimate of drug-likeness (QED) is 0.604. The molecule has 3 N–H and O–H groups in total. The van der Waals surface area contributed by atoms with Gasteiger partial charge < -0.3 is 20.0 Å². The van der Waals surface area contributed by atoms with Crippen molar-refractivity contribution >= 4 is 17.5 Å². The topological polar surface area (TPSA) is 79.2 Å². The van der Waals surface area contributed by atoms with Crippen molar-refractivity contribution in [1.29, 1.82) is 0 Å². The number of carbonyl (C=O) groups is 2. The van der Waals surface area contributed by atoms with Crippen LogP contribution in [-0.4, -0.2) is 36.9 Å². The van der Waals surface area contributed by atoms with E-state index >= 15 is 0 Å². The summed E-state index contributed by atoms with van der Waals surface area (Å²) in [6.07, 6.45) is 1.63. The summed E-state index contributed by atoms with van der Waals surface area (Å²) in [5.41, 5.74) is 3.88. The van der Waals surface area contributed by atoms with Gasteiger partial charge in [0.1, 0.15) is 0 Å². The van der Waals surface area contributed by atoms with Crippen molar-refractivity contribution in [3.05, 3.63) is 89.4 Å². The smallest absolute Gasteiger partial charge is 0.277 e. The third-order valence-electron chi connectivity index (χ3n) is 5.01. The molecule has 6 heteroatoms. The number of anilines is 1. The molecule has 6 nitrogen and oxygen atoms in total. The lowest BCUT2D eigenvalue weighted by Gasteiger charge is -2.19. The fourth-order valence-electron chi connectivity index (χ4n) is 3.28. The Balaban J connectivity index is 1.58. The van der Waals surface area contributed by atoms with Gasteiger partial charge in [-0.2, -0.15) is 0 Å². The van der Waals surface area contributed by atoms with Crippen molar-refractivity contribution in [1.82, 2.24) is 4.90 Å². The first kappa shape index (κ1) is 21.3. The molecular formula is C24H28N3O3+. The molecule has 0 saturated heterocycles. The minimum absolute atomic E-state index is 0.00316. The Bertz CT molecular complexity index is 984. The third-order valence-corrected chi connectivity index (χ3v) is 5.01. The first-order chi connectivity index (χ1) is 14.4. The van der Waals surface area contributed by atoms with Crippen LogP contribution in [0.2, 0.25) is 0 Å².